The SMILES string of the molecule is O=C(C[n+]1cccc(/C=N/O)c1)C[n+]1cccc(C(=O)NC2CCCC2)c1. The molecule has 2 N–H and O–H groups in total. The van der Waals surface area contributed by atoms with Crippen molar-refractivity contribution in [3.05, 3.63) is 60.2 Å². The number of rotatable bonds is 7. The number of ketones is 1. The van der Waals surface area contributed by atoms with E-state index in [1.54, 1.807) is 58.2 Å². The van der Waals surface area contributed by atoms with Gasteiger partial charge in [-0.2, -0.15) is 9.13 Å². The van der Waals surface area contributed by atoms with Gasteiger partial charge in [-0.1, -0.05) is 18.0 Å². The van der Waals surface area contributed by atoms with Crippen LogP contribution >= 0.6 is 0 Å². The van der Waals surface area contributed by atoms with E-state index in [1.165, 1.54) is 6.21 Å². The molecule has 140 valence electrons. The van der Waals surface area contributed by atoms with Crippen molar-refractivity contribution in [3.63, 3.8) is 0 Å². The number of pyridine rings is 2. The Morgan fingerprint density at radius 2 is 1.78 bits per heavy atom. The van der Waals surface area contributed by atoms with Gasteiger partial charge in [-0.3, -0.25) is 9.59 Å². The highest BCUT2D eigenvalue weighted by Crippen LogP contribution is 2.17. The van der Waals surface area contributed by atoms with Crippen LogP contribution in [0.25, 0.3) is 0 Å². The van der Waals surface area contributed by atoms with Crippen molar-refractivity contribution in [1.82, 2.24) is 5.32 Å². The van der Waals surface area contributed by atoms with Crippen LogP contribution in [-0.2, 0) is 17.9 Å². The molecule has 27 heavy (non-hydrogen) atoms. The second kappa shape index (κ2) is 9.02. The van der Waals surface area contributed by atoms with Crippen LogP contribution in [0.15, 0.2) is 54.2 Å². The molecule has 1 fully saturated rings. The van der Waals surface area contributed by atoms with E-state index in [4.69, 9.17) is 5.21 Å². The van der Waals surface area contributed by atoms with Gasteiger partial charge in [0.25, 0.3) is 11.7 Å². The average molecular weight is 368 g/mol. The van der Waals surface area contributed by atoms with E-state index >= 15 is 0 Å². The molecule has 1 amide bonds. The summed E-state index contributed by atoms with van der Waals surface area (Å²) in [6.45, 7) is 0.370. The van der Waals surface area contributed by atoms with Crippen LogP contribution in [0.2, 0.25) is 0 Å². The van der Waals surface area contributed by atoms with Crippen molar-refractivity contribution < 1.29 is 23.9 Å². The monoisotopic (exact) mass is 368 g/mol. The summed E-state index contributed by atoms with van der Waals surface area (Å²) in [6.07, 6.45) is 12.7. The van der Waals surface area contributed by atoms with Gasteiger partial charge in [0.1, 0.15) is 5.56 Å². The van der Waals surface area contributed by atoms with E-state index < -0.39 is 0 Å². The number of carbonyl (C=O) groups is 2. The summed E-state index contributed by atoms with van der Waals surface area (Å²) in [5, 5.41) is 14.7. The predicted octanol–water partition coefficient (Wildman–Crippen LogP) is 1.01. The molecule has 0 unspecified atom stereocenters. The lowest BCUT2D eigenvalue weighted by molar-refractivity contribution is -0.702. The van der Waals surface area contributed by atoms with Gasteiger partial charge >= 0.3 is 0 Å². The van der Waals surface area contributed by atoms with Crippen LogP contribution in [-0.4, -0.2) is 29.2 Å². The second-order valence-electron chi connectivity index (χ2n) is 6.81. The molecular weight excluding hydrogens is 344 g/mol. The van der Waals surface area contributed by atoms with Crippen LogP contribution in [0.5, 0.6) is 0 Å². The fourth-order valence-corrected chi connectivity index (χ4v) is 3.33. The number of oxime groups is 1. The number of carbonyl (C=O) groups excluding carboxylic acids is 2. The Hall–Kier alpha value is -3.09. The minimum Gasteiger partial charge on any atom is -0.411 e. The highest BCUT2D eigenvalue weighted by molar-refractivity contribution is 5.93. The van der Waals surface area contributed by atoms with Crippen molar-refractivity contribution in [2.24, 2.45) is 5.16 Å². The first-order valence-electron chi connectivity index (χ1n) is 9.12. The predicted molar refractivity (Wildman–Crippen MR) is 97.4 cm³/mol. The number of hydrogen-bond donors (Lipinski definition) is 2. The standard InChI is InChI=1S/C20H22N4O3/c25-19(14-23-9-3-5-16(12-23)11-21-27)15-24-10-4-6-17(13-24)20(26)22-18-7-1-2-8-18/h3-6,9-13,18H,1-2,7-8,14-15H2/p+2/b21-11+. The zero-order valence-corrected chi connectivity index (χ0v) is 15.1. The highest BCUT2D eigenvalue weighted by atomic mass is 16.4. The molecule has 7 heteroatoms. The molecule has 3 rings (SSSR count). The molecule has 0 saturated heterocycles. The molecule has 0 spiro atoms. The van der Waals surface area contributed by atoms with Crippen molar-refractivity contribution in [2.45, 2.75) is 44.8 Å². The molecule has 1 saturated carbocycles. The lowest BCUT2D eigenvalue weighted by atomic mass is 10.2. The van der Waals surface area contributed by atoms with E-state index in [9.17, 15) is 9.59 Å². The molecule has 0 atom stereocenters. The number of amides is 1. The molecule has 2 aromatic heterocycles. The van der Waals surface area contributed by atoms with Gasteiger partial charge in [0.2, 0.25) is 13.1 Å². The highest BCUT2D eigenvalue weighted by Gasteiger charge is 2.20. The summed E-state index contributed by atoms with van der Waals surface area (Å²) < 4.78 is 3.46. The Morgan fingerprint density at radius 3 is 2.48 bits per heavy atom. The summed E-state index contributed by atoms with van der Waals surface area (Å²) in [4.78, 5) is 24.8. The van der Waals surface area contributed by atoms with Gasteiger partial charge in [0.05, 0.1) is 11.8 Å². The van der Waals surface area contributed by atoms with E-state index in [2.05, 4.69) is 10.5 Å². The number of aromatic nitrogens is 2. The summed E-state index contributed by atoms with van der Waals surface area (Å²) >= 11 is 0. The Kier molecular flexibility index (Phi) is 6.25. The molecular formula is C20H24N4O3+2. The van der Waals surface area contributed by atoms with Crippen LogP contribution in [0.4, 0.5) is 0 Å². The smallest absolute Gasteiger partial charge is 0.261 e. The van der Waals surface area contributed by atoms with Crippen molar-refractivity contribution in [1.29, 1.82) is 0 Å². The quantitative estimate of drug-likeness (QED) is 0.331. The maximum Gasteiger partial charge on any atom is 0.261 e. The summed E-state index contributed by atoms with van der Waals surface area (Å²) in [6, 6.07) is 7.37. The third-order valence-corrected chi connectivity index (χ3v) is 4.62. The first-order valence-corrected chi connectivity index (χ1v) is 9.12. The number of Topliss-reactive ketones (excluding diaryl/α,β-unsaturated/α-hetero) is 1. The van der Waals surface area contributed by atoms with E-state index in [0.717, 1.165) is 25.7 Å². The largest absolute Gasteiger partial charge is 0.411 e. The molecule has 1 aliphatic rings. The molecule has 0 aliphatic heterocycles. The van der Waals surface area contributed by atoms with E-state index in [-0.39, 0.29) is 30.8 Å². The molecule has 0 bridgehead atoms. The van der Waals surface area contributed by atoms with Crippen molar-refractivity contribution in [2.75, 3.05) is 0 Å². The lowest BCUT2D eigenvalue weighted by Crippen LogP contribution is -2.45. The van der Waals surface area contributed by atoms with Crippen LogP contribution in [0.1, 0.15) is 41.6 Å². The molecule has 1 aliphatic carbocycles. The van der Waals surface area contributed by atoms with Gasteiger partial charge in [-0.05, 0) is 25.0 Å². The molecule has 0 radical (unpaired) electrons. The number of nitrogens with one attached hydrogen (secondary N) is 1. The molecule has 2 aromatic rings. The van der Waals surface area contributed by atoms with Gasteiger partial charge in [0, 0.05) is 18.2 Å². The molecule has 0 aromatic carbocycles. The third-order valence-electron chi connectivity index (χ3n) is 4.62. The normalized spacial score (nSPS) is 14.5. The summed E-state index contributed by atoms with van der Waals surface area (Å²) in [7, 11) is 0. The first kappa shape index (κ1) is 18.7. The zero-order chi connectivity index (χ0) is 19.1. The maximum absolute atomic E-state index is 12.4. The summed E-state index contributed by atoms with van der Waals surface area (Å²) in [5.41, 5.74) is 1.26. The van der Waals surface area contributed by atoms with Crippen LogP contribution < -0.4 is 14.5 Å². The Labute approximate surface area is 158 Å². The number of hydrogen-bond acceptors (Lipinski definition) is 4. The molecule has 2 heterocycles. The van der Waals surface area contributed by atoms with Crippen molar-refractivity contribution >= 4 is 17.9 Å². The Balaban J connectivity index is 1.60. The van der Waals surface area contributed by atoms with Gasteiger partial charge < -0.3 is 10.5 Å². The lowest BCUT2D eigenvalue weighted by Gasteiger charge is -2.10. The Bertz CT molecular complexity index is 845. The van der Waals surface area contributed by atoms with Gasteiger partial charge in [0.15, 0.2) is 24.8 Å². The number of nitrogens with zero attached hydrogens (tertiary/aromatic N) is 3. The minimum absolute atomic E-state index is 0.00330. The van der Waals surface area contributed by atoms with Gasteiger partial charge in [-0.25, -0.2) is 0 Å². The first-order chi connectivity index (χ1) is 13.1. The maximum atomic E-state index is 12.4. The fraction of sp³-hybridized carbons (Fsp3) is 0.350. The van der Waals surface area contributed by atoms with E-state index in [0.29, 0.717) is 11.1 Å². The summed E-state index contributed by atoms with van der Waals surface area (Å²) in [5.74, 6) is -0.0921. The van der Waals surface area contributed by atoms with Crippen LogP contribution in [0.3, 0.4) is 0 Å². The average Bonchev–Trinajstić information content (AvgIpc) is 3.15. The van der Waals surface area contributed by atoms with Gasteiger partial charge in [-0.15, -0.1) is 0 Å². The van der Waals surface area contributed by atoms with Crippen LogP contribution in [0, 0.1) is 0 Å². The zero-order valence-electron chi connectivity index (χ0n) is 15.1. The Morgan fingerprint density at radius 1 is 1.11 bits per heavy atom. The molecule has 7 nitrogen and oxygen atoms in total. The van der Waals surface area contributed by atoms with Crippen molar-refractivity contribution in [3.8, 4) is 0 Å². The van der Waals surface area contributed by atoms with E-state index in [1.807, 2.05) is 0 Å². The second-order valence-corrected chi connectivity index (χ2v) is 6.81. The fourth-order valence-electron chi connectivity index (χ4n) is 3.33. The third kappa shape index (κ3) is 5.44. The minimum atomic E-state index is -0.0888. The topological polar surface area (TPSA) is 86.5 Å².